The third-order valence-corrected chi connectivity index (χ3v) is 6.23. The van der Waals surface area contributed by atoms with Gasteiger partial charge in [-0.05, 0) is 72.4 Å². The molecule has 0 atom stereocenters. The van der Waals surface area contributed by atoms with Gasteiger partial charge in [0.15, 0.2) is 0 Å². The number of carbonyl (C=O) groups excluding carboxylic acids is 1. The van der Waals surface area contributed by atoms with Crippen LogP contribution in [0, 0.1) is 18.7 Å². The third-order valence-electron chi connectivity index (χ3n) is 6.23. The minimum absolute atomic E-state index is 0.105. The van der Waals surface area contributed by atoms with E-state index < -0.39 is 5.60 Å². The number of halogens is 1. The lowest BCUT2D eigenvalue weighted by molar-refractivity contribution is -0.143. The molecule has 1 saturated heterocycles. The third kappa shape index (κ3) is 3.49. The molecule has 0 bridgehead atoms. The van der Waals surface area contributed by atoms with Gasteiger partial charge in [0.25, 0.3) is 5.91 Å². The highest BCUT2D eigenvalue weighted by Crippen LogP contribution is 2.39. The van der Waals surface area contributed by atoms with E-state index >= 15 is 0 Å². The van der Waals surface area contributed by atoms with E-state index in [1.54, 1.807) is 17.9 Å². The van der Waals surface area contributed by atoms with Crippen molar-refractivity contribution in [1.82, 2.24) is 4.90 Å². The Morgan fingerprint density at radius 2 is 1.79 bits per heavy atom. The first kappa shape index (κ1) is 18.9. The predicted octanol–water partition coefficient (Wildman–Crippen LogP) is 4.58. The highest BCUT2D eigenvalue weighted by atomic mass is 19.1. The quantitative estimate of drug-likeness (QED) is 0.845. The van der Waals surface area contributed by atoms with Crippen LogP contribution in [0.2, 0.25) is 0 Å². The maximum absolute atomic E-state index is 13.8. The molecule has 4 rings (SSSR count). The zero-order valence-electron chi connectivity index (χ0n) is 16.2. The van der Waals surface area contributed by atoms with Crippen LogP contribution in [0.5, 0.6) is 0 Å². The van der Waals surface area contributed by atoms with Crippen LogP contribution in [-0.2, 0) is 4.79 Å². The number of carbonyl (C=O) groups is 1. The van der Waals surface area contributed by atoms with Gasteiger partial charge >= 0.3 is 0 Å². The minimum atomic E-state index is -1.07. The highest BCUT2D eigenvalue weighted by molar-refractivity contribution is 5.88. The zero-order valence-corrected chi connectivity index (χ0v) is 16.2. The van der Waals surface area contributed by atoms with Crippen LogP contribution in [0.3, 0.4) is 0 Å². The number of allylic oxidation sites excluding steroid dienone is 1. The number of piperidine rings is 1. The predicted molar refractivity (Wildman–Crippen MR) is 109 cm³/mol. The van der Waals surface area contributed by atoms with Crippen molar-refractivity contribution in [3.8, 4) is 11.1 Å². The molecule has 3 nitrogen and oxygen atoms in total. The summed E-state index contributed by atoms with van der Waals surface area (Å²) in [4.78, 5) is 14.1. The number of benzene rings is 2. The van der Waals surface area contributed by atoms with Crippen molar-refractivity contribution in [3.63, 3.8) is 0 Å². The summed E-state index contributed by atoms with van der Waals surface area (Å²) in [5, 5.41) is 10.0. The molecule has 1 aliphatic heterocycles. The van der Waals surface area contributed by atoms with Gasteiger partial charge in [-0.25, -0.2) is 4.39 Å². The van der Waals surface area contributed by atoms with Gasteiger partial charge in [0.2, 0.25) is 0 Å². The standard InChI is InChI=1S/C24H26FNO2/c1-16(19-10-14-26(15-11-19)23(27)24(28)12-13-24)18-6-8-20(9-7-18)21-4-3-5-22(25)17(21)2/h3-9,19,28H,1,10-15H2,2H3. The van der Waals surface area contributed by atoms with E-state index in [9.17, 15) is 14.3 Å². The Hall–Kier alpha value is -2.46. The summed E-state index contributed by atoms with van der Waals surface area (Å²) in [5.41, 5.74) is 3.65. The van der Waals surface area contributed by atoms with E-state index in [1.807, 2.05) is 30.3 Å². The van der Waals surface area contributed by atoms with Crippen LogP contribution < -0.4 is 0 Å². The normalized spacial score (nSPS) is 18.8. The Bertz CT molecular complexity index is 907. The summed E-state index contributed by atoms with van der Waals surface area (Å²) in [5.74, 6) is 0.0363. The van der Waals surface area contributed by atoms with Crippen molar-refractivity contribution >= 4 is 11.5 Å². The Morgan fingerprint density at radius 3 is 2.39 bits per heavy atom. The number of nitrogens with zero attached hydrogens (tertiary/aromatic N) is 1. The molecule has 28 heavy (non-hydrogen) atoms. The zero-order chi connectivity index (χ0) is 19.9. The van der Waals surface area contributed by atoms with E-state index in [1.165, 1.54) is 6.07 Å². The molecule has 0 radical (unpaired) electrons. The average molecular weight is 379 g/mol. The van der Waals surface area contributed by atoms with Crippen LogP contribution in [0.1, 0.15) is 36.8 Å². The lowest BCUT2D eigenvalue weighted by Gasteiger charge is -2.34. The fraction of sp³-hybridized carbons (Fsp3) is 0.375. The van der Waals surface area contributed by atoms with E-state index in [-0.39, 0.29) is 11.7 Å². The second kappa shape index (κ2) is 7.17. The van der Waals surface area contributed by atoms with Crippen LogP contribution in [0.4, 0.5) is 4.39 Å². The molecule has 0 aromatic heterocycles. The van der Waals surface area contributed by atoms with Crippen molar-refractivity contribution < 1.29 is 14.3 Å². The molecule has 146 valence electrons. The largest absolute Gasteiger partial charge is 0.380 e. The Morgan fingerprint density at radius 1 is 1.14 bits per heavy atom. The Kier molecular flexibility index (Phi) is 4.84. The molecule has 2 fully saturated rings. The molecule has 1 N–H and O–H groups in total. The molecule has 0 unspecified atom stereocenters. The number of hydrogen-bond acceptors (Lipinski definition) is 2. The van der Waals surface area contributed by atoms with Gasteiger partial charge in [-0.3, -0.25) is 4.79 Å². The number of hydrogen-bond donors (Lipinski definition) is 1. The SMILES string of the molecule is C=C(c1ccc(-c2cccc(F)c2C)cc1)C1CCN(C(=O)C2(O)CC2)CC1. The molecule has 0 spiro atoms. The number of aliphatic hydroxyl groups is 1. The first-order valence-corrected chi connectivity index (χ1v) is 9.95. The molecule has 1 heterocycles. The van der Waals surface area contributed by atoms with Crippen LogP contribution in [0.15, 0.2) is 49.0 Å². The molecule has 4 heteroatoms. The second-order valence-electron chi connectivity index (χ2n) is 8.11. The molecular formula is C24H26FNO2. The molecule has 2 aromatic carbocycles. The van der Waals surface area contributed by atoms with E-state index in [0.717, 1.165) is 35.1 Å². The van der Waals surface area contributed by atoms with E-state index in [2.05, 4.69) is 6.58 Å². The maximum Gasteiger partial charge on any atom is 0.254 e. The molecule has 2 aliphatic rings. The van der Waals surface area contributed by atoms with E-state index in [4.69, 9.17) is 0 Å². The second-order valence-corrected chi connectivity index (χ2v) is 8.11. The Balaban J connectivity index is 1.42. The Labute approximate surface area is 165 Å². The van der Waals surface area contributed by atoms with E-state index in [0.29, 0.717) is 37.4 Å². The average Bonchev–Trinajstić information content (AvgIpc) is 3.48. The first-order chi connectivity index (χ1) is 13.4. The van der Waals surface area contributed by atoms with Gasteiger partial charge in [0.1, 0.15) is 11.4 Å². The highest BCUT2D eigenvalue weighted by Gasteiger charge is 2.50. The van der Waals surface area contributed by atoms with Gasteiger partial charge < -0.3 is 10.0 Å². The summed E-state index contributed by atoms with van der Waals surface area (Å²) in [6.07, 6.45) is 2.92. The summed E-state index contributed by atoms with van der Waals surface area (Å²) >= 11 is 0. The van der Waals surface area contributed by atoms with Crippen molar-refractivity contribution in [1.29, 1.82) is 0 Å². The maximum atomic E-state index is 13.8. The summed E-state index contributed by atoms with van der Waals surface area (Å²) in [6, 6.07) is 13.3. The lowest BCUT2D eigenvalue weighted by Crippen LogP contribution is -2.45. The van der Waals surface area contributed by atoms with Gasteiger partial charge in [-0.2, -0.15) is 0 Å². The fourth-order valence-electron chi connectivity index (χ4n) is 4.08. The van der Waals surface area contributed by atoms with Crippen LogP contribution in [-0.4, -0.2) is 34.6 Å². The smallest absolute Gasteiger partial charge is 0.254 e. The van der Waals surface area contributed by atoms with Gasteiger partial charge in [0, 0.05) is 13.1 Å². The van der Waals surface area contributed by atoms with Crippen molar-refractivity contribution in [2.24, 2.45) is 5.92 Å². The molecule has 1 saturated carbocycles. The van der Waals surface area contributed by atoms with Crippen molar-refractivity contribution in [2.75, 3.05) is 13.1 Å². The van der Waals surface area contributed by atoms with Gasteiger partial charge in [-0.15, -0.1) is 0 Å². The molecule has 1 aliphatic carbocycles. The molecule has 2 aromatic rings. The fourth-order valence-corrected chi connectivity index (χ4v) is 4.08. The molecule has 1 amide bonds. The van der Waals surface area contributed by atoms with Crippen molar-refractivity contribution in [3.05, 3.63) is 66.0 Å². The molecular weight excluding hydrogens is 353 g/mol. The summed E-state index contributed by atoms with van der Waals surface area (Å²) in [6.45, 7) is 7.44. The van der Waals surface area contributed by atoms with Crippen LogP contribution in [0.25, 0.3) is 16.7 Å². The van der Waals surface area contributed by atoms with Crippen LogP contribution >= 0.6 is 0 Å². The first-order valence-electron chi connectivity index (χ1n) is 9.95. The van der Waals surface area contributed by atoms with Gasteiger partial charge in [-0.1, -0.05) is 43.0 Å². The monoisotopic (exact) mass is 379 g/mol. The number of likely N-dealkylation sites (tertiary alicyclic amines) is 1. The summed E-state index contributed by atoms with van der Waals surface area (Å²) in [7, 11) is 0. The topological polar surface area (TPSA) is 40.5 Å². The summed E-state index contributed by atoms with van der Waals surface area (Å²) < 4.78 is 13.8. The minimum Gasteiger partial charge on any atom is -0.380 e. The number of rotatable bonds is 4. The lowest BCUT2D eigenvalue weighted by atomic mass is 9.85. The van der Waals surface area contributed by atoms with Gasteiger partial charge in [0.05, 0.1) is 0 Å². The number of amides is 1. The van der Waals surface area contributed by atoms with Crippen molar-refractivity contribution in [2.45, 2.75) is 38.2 Å².